The maximum atomic E-state index is 12.0. The molecule has 0 aliphatic heterocycles. The van der Waals surface area contributed by atoms with Gasteiger partial charge < -0.3 is 15.7 Å². The number of carboxylic acids is 1. The van der Waals surface area contributed by atoms with Gasteiger partial charge in [-0.3, -0.25) is 14.4 Å². The van der Waals surface area contributed by atoms with Crippen LogP contribution in [0.25, 0.3) is 0 Å². The Hall–Kier alpha value is -2.37. The summed E-state index contributed by atoms with van der Waals surface area (Å²) >= 11 is 0. The molecule has 0 atom stereocenters. The summed E-state index contributed by atoms with van der Waals surface area (Å²) in [7, 11) is 1.52. The normalized spacial score (nSPS) is 20.6. The van der Waals surface area contributed by atoms with Crippen LogP contribution >= 0.6 is 0 Å². The van der Waals surface area contributed by atoms with Crippen molar-refractivity contribution < 1.29 is 19.5 Å². The van der Waals surface area contributed by atoms with E-state index >= 15 is 0 Å². The fraction of sp³-hybridized carbons (Fsp3) is 0.357. The summed E-state index contributed by atoms with van der Waals surface area (Å²) in [6, 6.07) is 6.29. The minimum Gasteiger partial charge on any atom is -0.481 e. The maximum Gasteiger partial charge on any atom is 0.306 e. The molecule has 1 aromatic carbocycles. The summed E-state index contributed by atoms with van der Waals surface area (Å²) in [5.41, 5.74) is 0.807. The Morgan fingerprint density at radius 3 is 2.30 bits per heavy atom. The first kappa shape index (κ1) is 14.0. The van der Waals surface area contributed by atoms with E-state index in [1.54, 1.807) is 18.2 Å². The number of amides is 2. The van der Waals surface area contributed by atoms with Crippen LogP contribution in [0.3, 0.4) is 0 Å². The molecule has 0 spiro atoms. The van der Waals surface area contributed by atoms with Gasteiger partial charge in [0.1, 0.15) is 0 Å². The van der Waals surface area contributed by atoms with Gasteiger partial charge in [0.05, 0.1) is 5.92 Å². The van der Waals surface area contributed by atoms with E-state index in [2.05, 4.69) is 10.6 Å². The average Bonchev–Trinajstić information content (AvgIpc) is 2.40. The predicted molar refractivity (Wildman–Crippen MR) is 71.4 cm³/mol. The lowest BCUT2D eigenvalue weighted by molar-refractivity contribution is -0.145. The van der Waals surface area contributed by atoms with Crippen molar-refractivity contribution in [2.45, 2.75) is 18.9 Å². The van der Waals surface area contributed by atoms with E-state index in [0.717, 1.165) is 0 Å². The number of carbonyl (C=O) groups excluding carboxylic acids is 2. The number of carbonyl (C=O) groups is 3. The third-order valence-electron chi connectivity index (χ3n) is 3.44. The third-order valence-corrected chi connectivity index (χ3v) is 3.44. The van der Waals surface area contributed by atoms with Crippen LogP contribution in [0.2, 0.25) is 0 Å². The van der Waals surface area contributed by atoms with Crippen molar-refractivity contribution in [1.82, 2.24) is 10.6 Å². The van der Waals surface area contributed by atoms with Crippen molar-refractivity contribution in [2.75, 3.05) is 7.05 Å². The van der Waals surface area contributed by atoms with Crippen molar-refractivity contribution in [3.8, 4) is 0 Å². The highest BCUT2D eigenvalue weighted by molar-refractivity contribution is 5.99. The van der Waals surface area contributed by atoms with E-state index in [1.165, 1.54) is 13.1 Å². The van der Waals surface area contributed by atoms with E-state index in [4.69, 9.17) is 5.11 Å². The number of benzene rings is 1. The molecule has 0 saturated heterocycles. The maximum absolute atomic E-state index is 12.0. The standard InChI is InChI=1S/C14H16N2O4/c1-15-12(17)8-3-2-4-9(5-8)13(18)16-11-6-10(7-11)14(19)20/h2-5,10-11H,6-7H2,1H3,(H,15,17)(H,16,18)(H,19,20). The Labute approximate surface area is 116 Å². The van der Waals surface area contributed by atoms with Crippen molar-refractivity contribution in [3.05, 3.63) is 35.4 Å². The van der Waals surface area contributed by atoms with Crippen molar-refractivity contribution in [3.63, 3.8) is 0 Å². The SMILES string of the molecule is CNC(=O)c1cccc(C(=O)NC2CC(C(=O)O)C2)c1. The molecule has 106 valence electrons. The largest absolute Gasteiger partial charge is 0.481 e. The zero-order chi connectivity index (χ0) is 14.7. The molecule has 1 aliphatic carbocycles. The molecule has 0 bridgehead atoms. The number of aliphatic carboxylic acids is 1. The molecule has 2 amide bonds. The molecule has 1 saturated carbocycles. The Morgan fingerprint density at radius 1 is 1.15 bits per heavy atom. The molecule has 1 fully saturated rings. The summed E-state index contributed by atoms with van der Waals surface area (Å²) in [6.07, 6.45) is 0.909. The van der Waals surface area contributed by atoms with E-state index in [1.807, 2.05) is 0 Å². The Morgan fingerprint density at radius 2 is 1.75 bits per heavy atom. The van der Waals surface area contributed by atoms with E-state index in [9.17, 15) is 14.4 Å². The molecule has 6 heteroatoms. The second-order valence-corrected chi connectivity index (χ2v) is 4.84. The van der Waals surface area contributed by atoms with E-state index in [0.29, 0.717) is 24.0 Å². The molecule has 0 unspecified atom stereocenters. The van der Waals surface area contributed by atoms with Gasteiger partial charge in [0.15, 0.2) is 0 Å². The lowest BCUT2D eigenvalue weighted by Crippen LogP contribution is -2.46. The number of hydrogen-bond donors (Lipinski definition) is 3. The second-order valence-electron chi connectivity index (χ2n) is 4.84. The first-order valence-electron chi connectivity index (χ1n) is 6.37. The monoisotopic (exact) mass is 276 g/mol. The van der Waals surface area contributed by atoms with Crippen LogP contribution in [0.15, 0.2) is 24.3 Å². The fourth-order valence-corrected chi connectivity index (χ4v) is 2.15. The molecule has 6 nitrogen and oxygen atoms in total. The summed E-state index contributed by atoms with van der Waals surface area (Å²) in [5, 5.41) is 14.0. The first-order chi connectivity index (χ1) is 9.51. The van der Waals surface area contributed by atoms with Gasteiger partial charge in [-0.1, -0.05) is 6.07 Å². The number of rotatable bonds is 4. The molecule has 3 N–H and O–H groups in total. The fourth-order valence-electron chi connectivity index (χ4n) is 2.15. The molecule has 0 radical (unpaired) electrons. The first-order valence-corrected chi connectivity index (χ1v) is 6.37. The highest BCUT2D eigenvalue weighted by Crippen LogP contribution is 2.27. The van der Waals surface area contributed by atoms with Crippen LogP contribution in [0, 0.1) is 5.92 Å². The van der Waals surface area contributed by atoms with Crippen LogP contribution in [-0.4, -0.2) is 36.0 Å². The van der Waals surface area contributed by atoms with Crippen LogP contribution < -0.4 is 10.6 Å². The zero-order valence-electron chi connectivity index (χ0n) is 11.1. The third kappa shape index (κ3) is 2.96. The molecule has 0 heterocycles. The average molecular weight is 276 g/mol. The van der Waals surface area contributed by atoms with Gasteiger partial charge >= 0.3 is 5.97 Å². The van der Waals surface area contributed by atoms with Gasteiger partial charge in [-0.05, 0) is 31.0 Å². The van der Waals surface area contributed by atoms with Gasteiger partial charge in [0, 0.05) is 24.2 Å². The van der Waals surface area contributed by atoms with Crippen LogP contribution in [0.4, 0.5) is 0 Å². The Bertz CT molecular complexity index is 550. The van der Waals surface area contributed by atoms with Gasteiger partial charge in [-0.25, -0.2) is 0 Å². The van der Waals surface area contributed by atoms with Crippen molar-refractivity contribution in [2.24, 2.45) is 5.92 Å². The quantitative estimate of drug-likeness (QED) is 0.752. The molecule has 2 rings (SSSR count). The van der Waals surface area contributed by atoms with Gasteiger partial charge in [0.25, 0.3) is 11.8 Å². The van der Waals surface area contributed by atoms with E-state index < -0.39 is 5.97 Å². The zero-order valence-corrected chi connectivity index (χ0v) is 11.1. The topological polar surface area (TPSA) is 95.5 Å². The summed E-state index contributed by atoms with van der Waals surface area (Å²) in [4.78, 5) is 34.2. The molecule has 20 heavy (non-hydrogen) atoms. The number of hydrogen-bond acceptors (Lipinski definition) is 3. The van der Waals surface area contributed by atoms with Crippen LogP contribution in [-0.2, 0) is 4.79 Å². The van der Waals surface area contributed by atoms with Gasteiger partial charge in [-0.15, -0.1) is 0 Å². The summed E-state index contributed by atoms with van der Waals surface area (Å²) < 4.78 is 0. The lowest BCUT2D eigenvalue weighted by Gasteiger charge is -2.32. The Balaban J connectivity index is 1.97. The van der Waals surface area contributed by atoms with E-state index in [-0.39, 0.29) is 23.8 Å². The van der Waals surface area contributed by atoms with Gasteiger partial charge in [0.2, 0.25) is 0 Å². The lowest BCUT2D eigenvalue weighted by atomic mass is 9.80. The summed E-state index contributed by atoms with van der Waals surface area (Å²) in [5.74, 6) is -1.73. The van der Waals surface area contributed by atoms with Crippen LogP contribution in [0.1, 0.15) is 33.6 Å². The molecule has 1 aliphatic rings. The molecular weight excluding hydrogens is 260 g/mol. The minimum absolute atomic E-state index is 0.104. The Kier molecular flexibility index (Phi) is 4.02. The smallest absolute Gasteiger partial charge is 0.306 e. The molecule has 0 aromatic heterocycles. The van der Waals surface area contributed by atoms with Gasteiger partial charge in [-0.2, -0.15) is 0 Å². The number of carboxylic acid groups (broad SMARTS) is 1. The molecular formula is C14H16N2O4. The van der Waals surface area contributed by atoms with Crippen LogP contribution in [0.5, 0.6) is 0 Å². The summed E-state index contributed by atoms with van der Waals surface area (Å²) in [6.45, 7) is 0. The van der Waals surface area contributed by atoms with Crippen molar-refractivity contribution in [1.29, 1.82) is 0 Å². The van der Waals surface area contributed by atoms with Crippen molar-refractivity contribution >= 4 is 17.8 Å². The highest BCUT2D eigenvalue weighted by atomic mass is 16.4. The number of nitrogens with one attached hydrogen (secondary N) is 2. The minimum atomic E-state index is -0.822. The second kappa shape index (κ2) is 5.73. The predicted octanol–water partition coefficient (Wildman–Crippen LogP) is 0.639. The highest BCUT2D eigenvalue weighted by Gasteiger charge is 2.35. The molecule has 1 aromatic rings.